The standard InChI is InChI=1S/C15H17N3O4S/c1-10(12-7-16-13-6-4-3-5-11(12)13)18(9-23(2,20)21)15-14(19)17-8-22-15/h3-8,10,15-16H,9H2,1-2H3/t10-,15+/m1/s1. The van der Waals surface area contributed by atoms with Crippen LogP contribution in [0.2, 0.25) is 0 Å². The van der Waals surface area contributed by atoms with Crippen LogP contribution < -0.4 is 0 Å². The molecule has 2 heterocycles. The van der Waals surface area contributed by atoms with E-state index in [2.05, 4.69) is 9.98 Å². The second-order valence-electron chi connectivity index (χ2n) is 5.60. The molecule has 1 aromatic heterocycles. The van der Waals surface area contributed by atoms with Crippen LogP contribution in [-0.2, 0) is 19.4 Å². The molecule has 0 spiro atoms. The number of fused-ring (bicyclic) bond motifs is 1. The largest absolute Gasteiger partial charge is 0.455 e. The molecule has 2 aromatic rings. The Bertz CT molecular complexity index is 872. The van der Waals surface area contributed by atoms with Gasteiger partial charge in [0.1, 0.15) is 5.88 Å². The van der Waals surface area contributed by atoms with E-state index in [0.717, 1.165) is 29.1 Å². The molecule has 3 rings (SSSR count). The minimum atomic E-state index is -3.35. The summed E-state index contributed by atoms with van der Waals surface area (Å²) in [6.45, 7) is 1.84. The Morgan fingerprint density at radius 3 is 2.78 bits per heavy atom. The number of carbonyl (C=O) groups excluding carboxylic acids is 1. The van der Waals surface area contributed by atoms with Gasteiger partial charge in [0.2, 0.25) is 6.23 Å². The third-order valence-corrected chi connectivity index (χ3v) is 4.60. The number of aromatic amines is 1. The van der Waals surface area contributed by atoms with Crippen molar-refractivity contribution in [2.24, 2.45) is 4.99 Å². The summed E-state index contributed by atoms with van der Waals surface area (Å²) in [5.74, 6) is -0.798. The van der Waals surface area contributed by atoms with E-state index in [-0.39, 0.29) is 11.9 Å². The molecule has 0 saturated heterocycles. The van der Waals surface area contributed by atoms with Crippen molar-refractivity contribution in [3.63, 3.8) is 0 Å². The van der Waals surface area contributed by atoms with Gasteiger partial charge in [0.05, 0.1) is 0 Å². The first-order chi connectivity index (χ1) is 10.9. The molecule has 8 heteroatoms. The number of sulfone groups is 1. The molecule has 1 N–H and O–H groups in total. The van der Waals surface area contributed by atoms with Gasteiger partial charge in [-0.1, -0.05) is 18.2 Å². The maximum atomic E-state index is 11.9. The topological polar surface area (TPSA) is 91.8 Å². The van der Waals surface area contributed by atoms with E-state index >= 15 is 0 Å². The Labute approximate surface area is 133 Å². The van der Waals surface area contributed by atoms with Crippen molar-refractivity contribution < 1.29 is 17.9 Å². The summed E-state index contributed by atoms with van der Waals surface area (Å²) >= 11 is 0. The second-order valence-corrected chi connectivity index (χ2v) is 7.71. The average molecular weight is 335 g/mol. The average Bonchev–Trinajstić information content (AvgIpc) is 3.09. The summed E-state index contributed by atoms with van der Waals surface area (Å²) in [6.07, 6.45) is 2.99. The smallest absolute Gasteiger partial charge is 0.305 e. The van der Waals surface area contributed by atoms with Crippen LogP contribution in [-0.4, -0.2) is 49.0 Å². The number of nitrogens with zero attached hydrogens (tertiary/aromatic N) is 2. The number of amides is 1. The van der Waals surface area contributed by atoms with E-state index in [1.54, 1.807) is 0 Å². The Balaban J connectivity index is 2.00. The van der Waals surface area contributed by atoms with E-state index in [4.69, 9.17) is 4.74 Å². The van der Waals surface area contributed by atoms with Crippen LogP contribution in [0.1, 0.15) is 18.5 Å². The molecule has 1 amide bonds. The fraction of sp³-hybridized carbons (Fsp3) is 0.333. The highest BCUT2D eigenvalue weighted by molar-refractivity contribution is 7.90. The Kier molecular flexibility index (Phi) is 3.95. The Morgan fingerprint density at radius 1 is 1.39 bits per heavy atom. The summed E-state index contributed by atoms with van der Waals surface area (Å²) < 4.78 is 28.8. The van der Waals surface area contributed by atoms with Crippen molar-refractivity contribution in [1.29, 1.82) is 0 Å². The number of nitrogens with one attached hydrogen (secondary N) is 1. The zero-order chi connectivity index (χ0) is 16.6. The van der Waals surface area contributed by atoms with E-state index in [1.165, 1.54) is 4.90 Å². The van der Waals surface area contributed by atoms with Crippen LogP contribution in [0.3, 0.4) is 0 Å². The van der Waals surface area contributed by atoms with Crippen LogP contribution in [0.4, 0.5) is 0 Å². The van der Waals surface area contributed by atoms with Crippen LogP contribution in [0.25, 0.3) is 10.9 Å². The number of hydrogen-bond donors (Lipinski definition) is 1. The molecule has 1 aromatic carbocycles. The number of para-hydroxylation sites is 1. The van der Waals surface area contributed by atoms with E-state index in [0.29, 0.717) is 0 Å². The van der Waals surface area contributed by atoms with Gasteiger partial charge in [-0.2, -0.15) is 4.99 Å². The molecular formula is C15H17N3O4S. The summed E-state index contributed by atoms with van der Waals surface area (Å²) in [5.41, 5.74) is 1.84. The summed E-state index contributed by atoms with van der Waals surface area (Å²) in [5, 5.41) is 0.977. The van der Waals surface area contributed by atoms with Crippen molar-refractivity contribution in [2.75, 3.05) is 12.1 Å². The lowest BCUT2D eigenvalue weighted by molar-refractivity contribution is -0.131. The lowest BCUT2D eigenvalue weighted by atomic mass is 10.1. The molecule has 0 radical (unpaired) electrons. The van der Waals surface area contributed by atoms with Gasteiger partial charge in [-0.05, 0) is 18.6 Å². The molecule has 1 aliphatic heterocycles. The third kappa shape index (κ3) is 3.13. The van der Waals surface area contributed by atoms with Crippen molar-refractivity contribution in [3.8, 4) is 0 Å². The maximum absolute atomic E-state index is 11.9. The summed E-state index contributed by atoms with van der Waals surface area (Å²) in [4.78, 5) is 20.1. The quantitative estimate of drug-likeness (QED) is 0.893. The molecule has 2 atom stereocenters. The minimum absolute atomic E-state index is 0.298. The number of ether oxygens (including phenoxy) is 1. The van der Waals surface area contributed by atoms with Gasteiger partial charge in [0, 0.05) is 29.4 Å². The minimum Gasteiger partial charge on any atom is -0.455 e. The fourth-order valence-electron chi connectivity index (χ4n) is 2.75. The van der Waals surface area contributed by atoms with E-state index < -0.39 is 22.0 Å². The SMILES string of the molecule is C[C@H](c1c[nH]c2ccccc12)N(CS(C)(=O)=O)[C@H]1OC=NC1=O. The van der Waals surface area contributed by atoms with E-state index in [9.17, 15) is 13.2 Å². The van der Waals surface area contributed by atoms with Gasteiger partial charge in [0.15, 0.2) is 16.2 Å². The summed E-state index contributed by atoms with van der Waals surface area (Å²) in [6, 6.07) is 7.36. The van der Waals surface area contributed by atoms with Crippen molar-refractivity contribution in [3.05, 3.63) is 36.0 Å². The zero-order valence-corrected chi connectivity index (χ0v) is 13.6. The van der Waals surface area contributed by atoms with Crippen LogP contribution in [0.5, 0.6) is 0 Å². The number of aromatic nitrogens is 1. The first-order valence-electron chi connectivity index (χ1n) is 7.08. The number of aliphatic imine (C=N–C) groups is 1. The molecule has 0 unspecified atom stereocenters. The molecule has 122 valence electrons. The monoisotopic (exact) mass is 335 g/mol. The molecule has 0 fully saturated rings. The van der Waals surface area contributed by atoms with Gasteiger partial charge in [0.25, 0.3) is 0 Å². The highest BCUT2D eigenvalue weighted by atomic mass is 32.2. The Morgan fingerprint density at radius 2 is 2.13 bits per heavy atom. The lowest BCUT2D eigenvalue weighted by Crippen LogP contribution is -2.44. The number of H-pyrrole nitrogens is 1. The predicted octanol–water partition coefficient (Wildman–Crippen LogP) is 1.44. The molecule has 1 aliphatic rings. The first-order valence-corrected chi connectivity index (χ1v) is 9.14. The third-order valence-electron chi connectivity index (χ3n) is 3.83. The number of benzene rings is 1. The number of carbonyl (C=O) groups is 1. The van der Waals surface area contributed by atoms with Crippen molar-refractivity contribution in [1.82, 2.24) is 9.88 Å². The first kappa shape index (κ1) is 15.7. The zero-order valence-electron chi connectivity index (χ0n) is 12.8. The van der Waals surface area contributed by atoms with Gasteiger partial charge in [-0.15, -0.1) is 0 Å². The van der Waals surface area contributed by atoms with Gasteiger partial charge >= 0.3 is 5.91 Å². The number of hydrogen-bond acceptors (Lipinski definition) is 5. The molecule has 0 bridgehead atoms. The summed E-state index contributed by atoms with van der Waals surface area (Å²) in [7, 11) is -3.35. The molecule has 0 aliphatic carbocycles. The molecule has 7 nitrogen and oxygen atoms in total. The van der Waals surface area contributed by atoms with Crippen molar-refractivity contribution >= 4 is 33.0 Å². The van der Waals surface area contributed by atoms with Crippen molar-refractivity contribution in [2.45, 2.75) is 19.2 Å². The van der Waals surface area contributed by atoms with Crippen LogP contribution >= 0.6 is 0 Å². The fourth-order valence-corrected chi connectivity index (χ4v) is 3.65. The molecule has 23 heavy (non-hydrogen) atoms. The normalized spacial score (nSPS) is 19.4. The lowest BCUT2D eigenvalue weighted by Gasteiger charge is -2.30. The predicted molar refractivity (Wildman–Crippen MR) is 86.6 cm³/mol. The number of rotatable bonds is 5. The Hall–Kier alpha value is -2.19. The van der Waals surface area contributed by atoms with Crippen LogP contribution in [0, 0.1) is 0 Å². The maximum Gasteiger partial charge on any atom is 0.305 e. The molecule has 0 saturated carbocycles. The van der Waals surface area contributed by atoms with Gasteiger partial charge in [-0.3, -0.25) is 4.79 Å². The van der Waals surface area contributed by atoms with Gasteiger partial charge < -0.3 is 9.72 Å². The molecular weight excluding hydrogens is 318 g/mol. The second kappa shape index (κ2) is 5.78. The highest BCUT2D eigenvalue weighted by Gasteiger charge is 2.36. The van der Waals surface area contributed by atoms with Crippen LogP contribution in [0.15, 0.2) is 35.5 Å². The van der Waals surface area contributed by atoms with Gasteiger partial charge in [-0.25, -0.2) is 13.3 Å². The van der Waals surface area contributed by atoms with E-state index in [1.807, 2.05) is 37.4 Å². The highest BCUT2D eigenvalue weighted by Crippen LogP contribution is 2.30.